The molecule has 20 heavy (non-hydrogen) atoms. The van der Waals surface area contributed by atoms with E-state index in [4.69, 9.17) is 0 Å². The van der Waals surface area contributed by atoms with Crippen LogP contribution >= 0.6 is 12.6 Å². The molecule has 0 nitrogen and oxygen atoms in total. The molecule has 0 saturated carbocycles. The molecule has 1 aromatic carbocycles. The minimum atomic E-state index is 0.471. The van der Waals surface area contributed by atoms with Crippen molar-refractivity contribution in [1.29, 1.82) is 0 Å². The van der Waals surface area contributed by atoms with Gasteiger partial charge in [0.05, 0.1) is 0 Å². The highest BCUT2D eigenvalue weighted by Gasteiger charge is 2.09. The second-order valence-corrected chi connectivity index (χ2v) is 6.70. The standard InChI is InChI=1S/C19H30S/c1-15(2)14-18-9-11-19(12-10-18)17(4)16(3)8-6-5-7-13-20/h9-12,15,17,20H,3,5-8,13-14H2,1-2,4H3. The molecule has 0 aliphatic heterocycles. The molecule has 0 fully saturated rings. The van der Waals surface area contributed by atoms with Gasteiger partial charge in [0.1, 0.15) is 0 Å². The third-order valence-electron chi connectivity index (χ3n) is 3.89. The predicted octanol–water partition coefficient (Wildman–Crippen LogP) is 6.04. The Morgan fingerprint density at radius 2 is 1.70 bits per heavy atom. The first kappa shape index (κ1) is 17.4. The van der Waals surface area contributed by atoms with Crippen LogP contribution in [0.1, 0.15) is 63.5 Å². The fourth-order valence-electron chi connectivity index (χ4n) is 2.51. The summed E-state index contributed by atoms with van der Waals surface area (Å²) in [7, 11) is 0. The van der Waals surface area contributed by atoms with E-state index in [1.54, 1.807) is 0 Å². The first-order valence-corrected chi connectivity index (χ1v) is 8.55. The monoisotopic (exact) mass is 290 g/mol. The van der Waals surface area contributed by atoms with Gasteiger partial charge in [-0.05, 0) is 48.5 Å². The molecule has 0 aromatic heterocycles. The first-order chi connectivity index (χ1) is 9.54. The van der Waals surface area contributed by atoms with E-state index in [1.807, 2.05) is 0 Å². The van der Waals surface area contributed by atoms with Crippen molar-refractivity contribution in [2.75, 3.05) is 5.75 Å². The molecule has 0 amide bonds. The zero-order chi connectivity index (χ0) is 15.0. The van der Waals surface area contributed by atoms with Gasteiger partial charge in [-0.3, -0.25) is 0 Å². The zero-order valence-corrected chi connectivity index (χ0v) is 14.3. The van der Waals surface area contributed by atoms with Crippen molar-refractivity contribution in [3.8, 4) is 0 Å². The summed E-state index contributed by atoms with van der Waals surface area (Å²) >= 11 is 4.25. The third-order valence-corrected chi connectivity index (χ3v) is 4.21. The molecule has 1 aromatic rings. The van der Waals surface area contributed by atoms with Crippen molar-refractivity contribution in [1.82, 2.24) is 0 Å². The molecule has 0 N–H and O–H groups in total. The number of unbranched alkanes of at least 4 members (excludes halogenated alkanes) is 2. The largest absolute Gasteiger partial charge is 0.179 e. The second kappa shape index (κ2) is 9.28. The smallest absolute Gasteiger partial charge is 0.00171 e. The van der Waals surface area contributed by atoms with Crippen molar-refractivity contribution in [2.45, 2.75) is 58.8 Å². The molecule has 0 aliphatic carbocycles. The van der Waals surface area contributed by atoms with E-state index < -0.39 is 0 Å². The average molecular weight is 291 g/mol. The molecule has 0 aliphatic rings. The number of benzene rings is 1. The van der Waals surface area contributed by atoms with Crippen molar-refractivity contribution < 1.29 is 0 Å². The summed E-state index contributed by atoms with van der Waals surface area (Å²) in [6, 6.07) is 9.11. The molecule has 1 heteroatoms. The Hall–Kier alpha value is -0.690. The van der Waals surface area contributed by atoms with E-state index in [-0.39, 0.29) is 0 Å². The van der Waals surface area contributed by atoms with Crippen LogP contribution in [-0.4, -0.2) is 5.75 Å². The summed E-state index contributed by atoms with van der Waals surface area (Å²) in [4.78, 5) is 0. The minimum absolute atomic E-state index is 0.471. The van der Waals surface area contributed by atoms with Crippen LogP contribution in [0.3, 0.4) is 0 Å². The summed E-state index contributed by atoms with van der Waals surface area (Å²) in [6.07, 6.45) is 6.04. The quantitative estimate of drug-likeness (QED) is 0.320. The Morgan fingerprint density at radius 3 is 2.25 bits per heavy atom. The van der Waals surface area contributed by atoms with Crippen LogP contribution in [0.4, 0.5) is 0 Å². The summed E-state index contributed by atoms with van der Waals surface area (Å²) in [5, 5.41) is 0. The summed E-state index contributed by atoms with van der Waals surface area (Å²) < 4.78 is 0. The fourth-order valence-corrected chi connectivity index (χ4v) is 2.73. The lowest BCUT2D eigenvalue weighted by Gasteiger charge is -2.16. The molecule has 1 atom stereocenters. The highest BCUT2D eigenvalue weighted by atomic mass is 32.1. The van der Waals surface area contributed by atoms with Gasteiger partial charge < -0.3 is 0 Å². The summed E-state index contributed by atoms with van der Waals surface area (Å²) in [5.74, 6) is 2.19. The van der Waals surface area contributed by atoms with Crippen LogP contribution in [0.2, 0.25) is 0 Å². The Kier molecular flexibility index (Phi) is 8.06. The number of thiol groups is 1. The topological polar surface area (TPSA) is 0 Å². The molecule has 1 unspecified atom stereocenters. The van der Waals surface area contributed by atoms with Crippen molar-refractivity contribution in [3.63, 3.8) is 0 Å². The van der Waals surface area contributed by atoms with Gasteiger partial charge in [0, 0.05) is 5.92 Å². The molecule has 0 bridgehead atoms. The lowest BCUT2D eigenvalue weighted by Crippen LogP contribution is -1.99. The van der Waals surface area contributed by atoms with E-state index in [0.29, 0.717) is 5.92 Å². The van der Waals surface area contributed by atoms with Gasteiger partial charge >= 0.3 is 0 Å². The van der Waals surface area contributed by atoms with Crippen molar-refractivity contribution in [2.24, 2.45) is 5.92 Å². The maximum Gasteiger partial charge on any atom is 0.00171 e. The van der Waals surface area contributed by atoms with Crippen LogP contribution in [0.25, 0.3) is 0 Å². The summed E-state index contributed by atoms with van der Waals surface area (Å²) in [6.45, 7) is 11.1. The van der Waals surface area contributed by atoms with Gasteiger partial charge in [-0.25, -0.2) is 0 Å². The van der Waals surface area contributed by atoms with E-state index in [2.05, 4.69) is 64.2 Å². The van der Waals surface area contributed by atoms with Gasteiger partial charge in [0.25, 0.3) is 0 Å². The molecule has 0 heterocycles. The Bertz CT molecular complexity index is 389. The van der Waals surface area contributed by atoms with Crippen LogP contribution < -0.4 is 0 Å². The lowest BCUT2D eigenvalue weighted by atomic mass is 9.89. The second-order valence-electron chi connectivity index (χ2n) is 6.25. The lowest BCUT2D eigenvalue weighted by molar-refractivity contribution is 0.646. The Labute approximate surface area is 131 Å². The number of rotatable bonds is 9. The van der Waals surface area contributed by atoms with Crippen LogP contribution in [0.5, 0.6) is 0 Å². The van der Waals surface area contributed by atoms with Gasteiger partial charge in [0.2, 0.25) is 0 Å². The molecule has 0 spiro atoms. The van der Waals surface area contributed by atoms with E-state index in [0.717, 1.165) is 18.1 Å². The minimum Gasteiger partial charge on any atom is -0.179 e. The van der Waals surface area contributed by atoms with Crippen molar-refractivity contribution in [3.05, 3.63) is 47.5 Å². The van der Waals surface area contributed by atoms with Gasteiger partial charge in [-0.15, -0.1) is 0 Å². The number of hydrogen-bond donors (Lipinski definition) is 1. The van der Waals surface area contributed by atoms with E-state index in [9.17, 15) is 0 Å². The van der Waals surface area contributed by atoms with Gasteiger partial charge in [-0.2, -0.15) is 12.6 Å². The molecular formula is C19H30S. The normalized spacial score (nSPS) is 12.7. The Morgan fingerprint density at radius 1 is 1.05 bits per heavy atom. The molecule has 0 radical (unpaired) electrons. The molecule has 0 saturated heterocycles. The van der Waals surface area contributed by atoms with Gasteiger partial charge in [0.15, 0.2) is 0 Å². The highest BCUT2D eigenvalue weighted by Crippen LogP contribution is 2.27. The van der Waals surface area contributed by atoms with Crippen LogP contribution in [-0.2, 0) is 6.42 Å². The highest BCUT2D eigenvalue weighted by molar-refractivity contribution is 7.80. The molecular weight excluding hydrogens is 260 g/mol. The van der Waals surface area contributed by atoms with E-state index >= 15 is 0 Å². The first-order valence-electron chi connectivity index (χ1n) is 7.92. The SMILES string of the molecule is C=C(CCCCCS)C(C)c1ccc(CC(C)C)cc1. The van der Waals surface area contributed by atoms with Crippen molar-refractivity contribution >= 4 is 12.6 Å². The summed E-state index contributed by atoms with van der Waals surface area (Å²) in [5.41, 5.74) is 4.20. The van der Waals surface area contributed by atoms with Gasteiger partial charge in [-0.1, -0.05) is 63.6 Å². The maximum atomic E-state index is 4.28. The molecule has 1 rings (SSSR count). The van der Waals surface area contributed by atoms with Crippen LogP contribution in [0.15, 0.2) is 36.4 Å². The zero-order valence-electron chi connectivity index (χ0n) is 13.4. The fraction of sp³-hybridized carbons (Fsp3) is 0.579. The third kappa shape index (κ3) is 6.17. The van der Waals surface area contributed by atoms with E-state index in [1.165, 1.54) is 42.4 Å². The predicted molar refractivity (Wildman–Crippen MR) is 94.9 cm³/mol. The molecule has 112 valence electrons. The maximum absolute atomic E-state index is 4.28. The van der Waals surface area contributed by atoms with Crippen LogP contribution in [0, 0.1) is 5.92 Å². The Balaban J connectivity index is 2.49. The number of allylic oxidation sites excluding steroid dienone is 1. The number of hydrogen-bond acceptors (Lipinski definition) is 1. The average Bonchev–Trinajstić information content (AvgIpc) is 2.43.